The molecule has 0 aliphatic heterocycles. The number of halogens is 2. The average Bonchev–Trinajstić information content (AvgIpc) is 2.34. The first-order valence-electron chi connectivity index (χ1n) is 6.40. The van der Waals surface area contributed by atoms with Crippen LogP contribution in [0, 0.1) is 5.82 Å². The van der Waals surface area contributed by atoms with Crippen LogP contribution in [0.1, 0.15) is 37.7 Å². The summed E-state index contributed by atoms with van der Waals surface area (Å²) in [6, 6.07) is 4.94. The molecule has 1 aromatic rings. The maximum atomic E-state index is 13.1. The minimum Gasteiger partial charge on any atom is -0.375 e. The third-order valence-electron chi connectivity index (χ3n) is 3.49. The lowest BCUT2D eigenvalue weighted by Gasteiger charge is -2.33. The van der Waals surface area contributed by atoms with Gasteiger partial charge in [0.25, 0.3) is 0 Å². The SMILES string of the molecule is NC1(COCc2ccc(F)c(Br)c2)CCCCC1. The van der Waals surface area contributed by atoms with E-state index in [2.05, 4.69) is 15.9 Å². The Morgan fingerprint density at radius 3 is 2.67 bits per heavy atom. The number of hydrogen-bond donors (Lipinski definition) is 1. The molecular formula is C14H19BrFNO. The second-order valence-electron chi connectivity index (χ2n) is 5.16. The molecule has 4 heteroatoms. The lowest BCUT2D eigenvalue weighted by molar-refractivity contribution is 0.0574. The lowest BCUT2D eigenvalue weighted by Crippen LogP contribution is -2.46. The van der Waals surface area contributed by atoms with Crippen molar-refractivity contribution in [2.45, 2.75) is 44.2 Å². The quantitative estimate of drug-likeness (QED) is 0.918. The van der Waals surface area contributed by atoms with Gasteiger partial charge in [-0.3, -0.25) is 0 Å². The van der Waals surface area contributed by atoms with E-state index in [9.17, 15) is 4.39 Å². The molecule has 0 aromatic heterocycles. The Balaban J connectivity index is 1.82. The Morgan fingerprint density at radius 1 is 1.28 bits per heavy atom. The largest absolute Gasteiger partial charge is 0.375 e. The molecule has 0 bridgehead atoms. The first kappa shape index (κ1) is 14.0. The van der Waals surface area contributed by atoms with Gasteiger partial charge in [-0.2, -0.15) is 0 Å². The Bertz CT molecular complexity index is 405. The summed E-state index contributed by atoms with van der Waals surface area (Å²) in [5, 5.41) is 0. The Morgan fingerprint density at radius 2 is 2.00 bits per heavy atom. The molecule has 100 valence electrons. The zero-order chi connectivity index (χ0) is 13.0. The lowest BCUT2D eigenvalue weighted by atomic mass is 9.83. The number of hydrogen-bond acceptors (Lipinski definition) is 2. The first-order chi connectivity index (χ1) is 8.59. The molecule has 0 heterocycles. The Hall–Kier alpha value is -0.450. The van der Waals surface area contributed by atoms with Gasteiger partial charge in [-0.15, -0.1) is 0 Å². The zero-order valence-corrected chi connectivity index (χ0v) is 12.0. The summed E-state index contributed by atoms with van der Waals surface area (Å²) in [5.41, 5.74) is 7.09. The number of rotatable bonds is 4. The highest BCUT2D eigenvalue weighted by molar-refractivity contribution is 9.10. The van der Waals surface area contributed by atoms with Crippen molar-refractivity contribution in [1.82, 2.24) is 0 Å². The number of nitrogens with two attached hydrogens (primary N) is 1. The summed E-state index contributed by atoms with van der Waals surface area (Å²) in [6.07, 6.45) is 5.76. The van der Waals surface area contributed by atoms with E-state index in [4.69, 9.17) is 10.5 Å². The molecule has 1 aliphatic rings. The molecule has 18 heavy (non-hydrogen) atoms. The Kier molecular flexibility index (Phi) is 4.76. The molecule has 0 atom stereocenters. The third-order valence-corrected chi connectivity index (χ3v) is 4.10. The van der Waals surface area contributed by atoms with Gasteiger partial charge in [0.2, 0.25) is 0 Å². The smallest absolute Gasteiger partial charge is 0.137 e. The molecule has 0 unspecified atom stereocenters. The van der Waals surface area contributed by atoms with E-state index >= 15 is 0 Å². The predicted octanol–water partition coefficient (Wildman–Crippen LogP) is 3.77. The number of benzene rings is 1. The van der Waals surface area contributed by atoms with Crippen molar-refractivity contribution in [3.63, 3.8) is 0 Å². The molecule has 2 N–H and O–H groups in total. The van der Waals surface area contributed by atoms with Crippen LogP contribution >= 0.6 is 15.9 Å². The summed E-state index contributed by atoms with van der Waals surface area (Å²) < 4.78 is 19.2. The highest BCUT2D eigenvalue weighted by atomic mass is 79.9. The minimum atomic E-state index is -0.249. The normalized spacial score (nSPS) is 18.8. The summed E-state index contributed by atoms with van der Waals surface area (Å²) in [6.45, 7) is 1.07. The van der Waals surface area contributed by atoms with Crippen LogP contribution in [-0.2, 0) is 11.3 Å². The van der Waals surface area contributed by atoms with Crippen molar-refractivity contribution in [2.75, 3.05) is 6.61 Å². The molecule has 1 aliphatic carbocycles. The van der Waals surface area contributed by atoms with Crippen LogP contribution in [0.3, 0.4) is 0 Å². The standard InChI is InChI=1S/C14H19BrFNO/c15-12-8-11(4-5-13(12)16)9-18-10-14(17)6-2-1-3-7-14/h4-5,8H,1-3,6-7,9-10,17H2. The van der Waals surface area contributed by atoms with Crippen LogP contribution < -0.4 is 5.73 Å². The van der Waals surface area contributed by atoms with Crippen LogP contribution in [0.15, 0.2) is 22.7 Å². The predicted molar refractivity (Wildman–Crippen MR) is 73.8 cm³/mol. The van der Waals surface area contributed by atoms with Crippen molar-refractivity contribution < 1.29 is 9.13 Å². The van der Waals surface area contributed by atoms with E-state index in [-0.39, 0.29) is 11.4 Å². The van der Waals surface area contributed by atoms with Gasteiger partial charge in [0.05, 0.1) is 17.7 Å². The summed E-state index contributed by atoms with van der Waals surface area (Å²) >= 11 is 3.17. The fraction of sp³-hybridized carbons (Fsp3) is 0.571. The zero-order valence-electron chi connectivity index (χ0n) is 10.4. The number of ether oxygens (including phenoxy) is 1. The summed E-state index contributed by atoms with van der Waals surface area (Å²) in [4.78, 5) is 0. The van der Waals surface area contributed by atoms with Gasteiger partial charge < -0.3 is 10.5 Å². The fourth-order valence-corrected chi connectivity index (χ4v) is 2.83. The molecule has 0 amide bonds. The summed E-state index contributed by atoms with van der Waals surface area (Å²) in [7, 11) is 0. The molecule has 0 radical (unpaired) electrons. The van der Waals surface area contributed by atoms with E-state index in [1.165, 1.54) is 25.3 Å². The maximum absolute atomic E-state index is 13.1. The second-order valence-corrected chi connectivity index (χ2v) is 6.02. The van der Waals surface area contributed by atoms with Gasteiger partial charge in [-0.1, -0.05) is 25.3 Å². The maximum Gasteiger partial charge on any atom is 0.137 e. The molecule has 2 rings (SSSR count). The monoisotopic (exact) mass is 315 g/mol. The van der Waals surface area contributed by atoms with E-state index in [1.807, 2.05) is 0 Å². The minimum absolute atomic E-state index is 0.157. The molecule has 1 aromatic carbocycles. The first-order valence-corrected chi connectivity index (χ1v) is 7.19. The third kappa shape index (κ3) is 3.77. The average molecular weight is 316 g/mol. The van der Waals surface area contributed by atoms with E-state index < -0.39 is 0 Å². The molecule has 0 saturated heterocycles. The van der Waals surface area contributed by atoms with Crippen molar-refractivity contribution in [2.24, 2.45) is 5.73 Å². The van der Waals surface area contributed by atoms with Crippen molar-refractivity contribution in [3.8, 4) is 0 Å². The van der Waals surface area contributed by atoms with E-state index in [1.54, 1.807) is 12.1 Å². The van der Waals surface area contributed by atoms with Gasteiger partial charge in [0.15, 0.2) is 0 Å². The highest BCUT2D eigenvalue weighted by Crippen LogP contribution is 2.26. The van der Waals surface area contributed by atoms with E-state index in [0.29, 0.717) is 17.7 Å². The molecule has 1 fully saturated rings. The molecule has 1 saturated carbocycles. The highest BCUT2D eigenvalue weighted by Gasteiger charge is 2.27. The van der Waals surface area contributed by atoms with Crippen LogP contribution in [0.4, 0.5) is 4.39 Å². The van der Waals surface area contributed by atoms with Gasteiger partial charge in [0, 0.05) is 5.54 Å². The van der Waals surface area contributed by atoms with Crippen LogP contribution in [0.2, 0.25) is 0 Å². The van der Waals surface area contributed by atoms with E-state index in [0.717, 1.165) is 18.4 Å². The Labute approximate surface area is 116 Å². The van der Waals surface area contributed by atoms with Gasteiger partial charge in [-0.05, 0) is 46.5 Å². The second kappa shape index (κ2) is 6.13. The fourth-order valence-electron chi connectivity index (χ4n) is 2.40. The van der Waals surface area contributed by atoms with Crippen molar-refractivity contribution in [3.05, 3.63) is 34.1 Å². The van der Waals surface area contributed by atoms with Gasteiger partial charge >= 0.3 is 0 Å². The van der Waals surface area contributed by atoms with Crippen LogP contribution in [0.5, 0.6) is 0 Å². The van der Waals surface area contributed by atoms with Gasteiger partial charge in [0.1, 0.15) is 5.82 Å². The molecule has 0 spiro atoms. The van der Waals surface area contributed by atoms with Crippen LogP contribution in [0.25, 0.3) is 0 Å². The molecular weight excluding hydrogens is 297 g/mol. The summed E-state index contributed by atoms with van der Waals surface area (Å²) in [5.74, 6) is -0.249. The van der Waals surface area contributed by atoms with Crippen molar-refractivity contribution in [1.29, 1.82) is 0 Å². The van der Waals surface area contributed by atoms with Crippen molar-refractivity contribution >= 4 is 15.9 Å². The molecule has 2 nitrogen and oxygen atoms in total. The van der Waals surface area contributed by atoms with Crippen LogP contribution in [-0.4, -0.2) is 12.1 Å². The van der Waals surface area contributed by atoms with Gasteiger partial charge in [-0.25, -0.2) is 4.39 Å². The topological polar surface area (TPSA) is 35.2 Å².